The minimum atomic E-state index is -0.999. The number of hydrogen-bond donors (Lipinski definition) is 1. The number of carbonyl (C=O) groups is 1. The van der Waals surface area contributed by atoms with Gasteiger partial charge in [-0.15, -0.1) is 0 Å². The Morgan fingerprint density at radius 3 is 2.45 bits per heavy atom. The summed E-state index contributed by atoms with van der Waals surface area (Å²) in [6.07, 6.45) is 0. The van der Waals surface area contributed by atoms with Crippen molar-refractivity contribution in [3.8, 4) is 0 Å². The average molecular weight is 338 g/mol. The van der Waals surface area contributed by atoms with Gasteiger partial charge in [0, 0.05) is 6.07 Å². The van der Waals surface area contributed by atoms with Crippen LogP contribution in [-0.2, 0) is 0 Å². The average Bonchev–Trinajstić information content (AvgIpc) is 2.33. The van der Waals surface area contributed by atoms with Crippen molar-refractivity contribution in [1.82, 2.24) is 4.98 Å². The molecule has 0 spiro atoms. The van der Waals surface area contributed by atoms with Crippen LogP contribution in [0, 0.1) is 11.6 Å². The van der Waals surface area contributed by atoms with Gasteiger partial charge in [-0.2, -0.15) is 0 Å². The van der Waals surface area contributed by atoms with Gasteiger partial charge >= 0.3 is 0 Å². The monoisotopic (exact) mass is 336 g/mol. The van der Waals surface area contributed by atoms with E-state index in [4.69, 9.17) is 34.8 Å². The number of anilines is 1. The van der Waals surface area contributed by atoms with Crippen LogP contribution in [0.5, 0.6) is 0 Å². The summed E-state index contributed by atoms with van der Waals surface area (Å²) >= 11 is 17.0. The molecule has 1 heterocycles. The first-order valence-electron chi connectivity index (χ1n) is 5.16. The Labute approximate surface area is 127 Å². The quantitative estimate of drug-likeness (QED) is 0.816. The number of amides is 1. The second-order valence-corrected chi connectivity index (χ2v) is 4.82. The van der Waals surface area contributed by atoms with Gasteiger partial charge in [-0.1, -0.05) is 34.8 Å². The molecule has 0 unspecified atom stereocenters. The van der Waals surface area contributed by atoms with Crippen LogP contribution in [0.25, 0.3) is 0 Å². The van der Waals surface area contributed by atoms with E-state index in [0.29, 0.717) is 6.07 Å². The van der Waals surface area contributed by atoms with Crippen molar-refractivity contribution >= 4 is 46.4 Å². The van der Waals surface area contributed by atoms with Crippen molar-refractivity contribution in [2.45, 2.75) is 0 Å². The van der Waals surface area contributed by atoms with Gasteiger partial charge in [0.25, 0.3) is 5.91 Å². The van der Waals surface area contributed by atoms with E-state index in [1.165, 1.54) is 12.1 Å². The summed E-state index contributed by atoms with van der Waals surface area (Å²) in [6, 6.07) is 4.15. The zero-order valence-electron chi connectivity index (χ0n) is 9.55. The lowest BCUT2D eigenvalue weighted by molar-refractivity contribution is 0.102. The molecule has 20 heavy (non-hydrogen) atoms. The van der Waals surface area contributed by atoms with Crippen molar-refractivity contribution in [3.05, 3.63) is 56.8 Å². The van der Waals surface area contributed by atoms with E-state index in [9.17, 15) is 13.6 Å². The number of carbonyl (C=O) groups excluding carboxylic acids is 1. The van der Waals surface area contributed by atoms with Gasteiger partial charge in [0.05, 0.1) is 16.3 Å². The molecule has 1 N–H and O–H groups in total. The number of rotatable bonds is 2. The second kappa shape index (κ2) is 5.91. The third-order valence-electron chi connectivity index (χ3n) is 2.30. The highest BCUT2D eigenvalue weighted by atomic mass is 35.5. The van der Waals surface area contributed by atoms with Crippen LogP contribution in [-0.4, -0.2) is 10.9 Å². The summed E-state index contributed by atoms with van der Waals surface area (Å²) in [6.45, 7) is 0. The van der Waals surface area contributed by atoms with Crippen LogP contribution < -0.4 is 5.32 Å². The molecular formula is C12H5Cl3F2N2O. The molecule has 104 valence electrons. The smallest absolute Gasteiger partial charge is 0.258 e. The first kappa shape index (κ1) is 15.0. The first-order valence-corrected chi connectivity index (χ1v) is 6.30. The highest BCUT2D eigenvalue weighted by Crippen LogP contribution is 2.27. The number of aromatic nitrogens is 1. The molecule has 0 aliphatic heterocycles. The molecule has 0 saturated heterocycles. The maximum atomic E-state index is 13.5. The molecule has 1 amide bonds. The summed E-state index contributed by atoms with van der Waals surface area (Å²) in [4.78, 5) is 15.6. The first-order chi connectivity index (χ1) is 9.38. The van der Waals surface area contributed by atoms with E-state index in [1.807, 2.05) is 0 Å². The molecule has 0 bridgehead atoms. The molecule has 0 aliphatic carbocycles. The Kier molecular flexibility index (Phi) is 4.42. The number of benzene rings is 1. The van der Waals surface area contributed by atoms with Crippen molar-refractivity contribution in [1.29, 1.82) is 0 Å². The van der Waals surface area contributed by atoms with Crippen molar-refractivity contribution in [3.63, 3.8) is 0 Å². The summed E-state index contributed by atoms with van der Waals surface area (Å²) < 4.78 is 26.4. The molecule has 2 rings (SSSR count). The Morgan fingerprint density at radius 1 is 1.15 bits per heavy atom. The van der Waals surface area contributed by atoms with E-state index in [2.05, 4.69) is 10.3 Å². The zero-order chi connectivity index (χ0) is 14.9. The van der Waals surface area contributed by atoms with E-state index < -0.39 is 17.5 Å². The highest BCUT2D eigenvalue weighted by molar-refractivity contribution is 6.36. The maximum absolute atomic E-state index is 13.5. The van der Waals surface area contributed by atoms with Crippen molar-refractivity contribution in [2.24, 2.45) is 0 Å². The molecule has 2 aromatic rings. The number of nitrogens with one attached hydrogen (secondary N) is 1. The topological polar surface area (TPSA) is 42.0 Å². The summed E-state index contributed by atoms with van der Waals surface area (Å²) in [7, 11) is 0. The summed E-state index contributed by atoms with van der Waals surface area (Å²) in [5, 5.41) is 1.90. The lowest BCUT2D eigenvalue weighted by atomic mass is 10.2. The van der Waals surface area contributed by atoms with Crippen LogP contribution in [0.4, 0.5) is 14.5 Å². The molecule has 0 radical (unpaired) electrons. The van der Waals surface area contributed by atoms with Crippen LogP contribution in [0.15, 0.2) is 24.3 Å². The second-order valence-electron chi connectivity index (χ2n) is 3.67. The minimum Gasteiger partial charge on any atom is -0.318 e. The van der Waals surface area contributed by atoms with Crippen LogP contribution in [0.2, 0.25) is 15.3 Å². The SMILES string of the molecule is O=C(Nc1c(F)cc(F)cc1Cl)c1ccc(Cl)nc1Cl. The predicted octanol–water partition coefficient (Wildman–Crippen LogP) is 4.57. The molecule has 0 fully saturated rings. The van der Waals surface area contributed by atoms with Gasteiger partial charge in [-0.3, -0.25) is 4.79 Å². The van der Waals surface area contributed by atoms with Crippen molar-refractivity contribution in [2.75, 3.05) is 5.32 Å². The standard InChI is InChI=1S/C12H5Cl3F2N2O/c13-7-3-5(16)4-8(17)10(7)19-12(20)6-1-2-9(14)18-11(6)15/h1-4H,(H,19,20). The Hall–Kier alpha value is -1.43. The van der Waals surface area contributed by atoms with Crippen LogP contribution in [0.1, 0.15) is 10.4 Å². The van der Waals surface area contributed by atoms with E-state index >= 15 is 0 Å². The fraction of sp³-hybridized carbons (Fsp3) is 0. The van der Waals surface area contributed by atoms with Crippen molar-refractivity contribution < 1.29 is 13.6 Å². The number of halogens is 5. The van der Waals surface area contributed by atoms with E-state index in [0.717, 1.165) is 6.07 Å². The van der Waals surface area contributed by atoms with Gasteiger partial charge in [0.1, 0.15) is 16.1 Å². The number of hydrogen-bond acceptors (Lipinski definition) is 2. The molecule has 0 aliphatic rings. The lowest BCUT2D eigenvalue weighted by Crippen LogP contribution is -2.14. The third kappa shape index (κ3) is 3.17. The largest absolute Gasteiger partial charge is 0.318 e. The normalized spacial score (nSPS) is 10.4. The van der Waals surface area contributed by atoms with E-state index in [-0.39, 0.29) is 26.6 Å². The van der Waals surface area contributed by atoms with Gasteiger partial charge in [0.2, 0.25) is 0 Å². The minimum absolute atomic E-state index is 0.0177. The summed E-state index contributed by atoms with van der Waals surface area (Å²) in [5.74, 6) is -2.59. The number of nitrogens with zero attached hydrogens (tertiary/aromatic N) is 1. The fourth-order valence-electron chi connectivity index (χ4n) is 1.42. The maximum Gasteiger partial charge on any atom is 0.258 e. The van der Waals surface area contributed by atoms with Crippen LogP contribution >= 0.6 is 34.8 Å². The van der Waals surface area contributed by atoms with Gasteiger partial charge in [0.15, 0.2) is 5.82 Å². The van der Waals surface area contributed by atoms with E-state index in [1.54, 1.807) is 0 Å². The molecule has 1 aromatic carbocycles. The number of pyridine rings is 1. The van der Waals surface area contributed by atoms with Crippen LogP contribution in [0.3, 0.4) is 0 Å². The highest BCUT2D eigenvalue weighted by Gasteiger charge is 2.17. The Balaban J connectivity index is 2.33. The molecular weight excluding hydrogens is 332 g/mol. The predicted molar refractivity (Wildman–Crippen MR) is 73.6 cm³/mol. The fourth-order valence-corrected chi connectivity index (χ4v) is 2.10. The zero-order valence-corrected chi connectivity index (χ0v) is 11.8. The molecule has 8 heteroatoms. The molecule has 0 saturated carbocycles. The summed E-state index contributed by atoms with van der Waals surface area (Å²) in [5.41, 5.74) is -0.361. The molecule has 0 atom stereocenters. The van der Waals surface area contributed by atoms with Gasteiger partial charge in [-0.05, 0) is 18.2 Å². The lowest BCUT2D eigenvalue weighted by Gasteiger charge is -2.09. The Bertz CT molecular complexity index is 671. The third-order valence-corrected chi connectivity index (χ3v) is 3.10. The molecule has 1 aromatic heterocycles. The molecule has 3 nitrogen and oxygen atoms in total. The Morgan fingerprint density at radius 2 is 1.85 bits per heavy atom. The van der Waals surface area contributed by atoms with Gasteiger partial charge < -0.3 is 5.32 Å². The van der Waals surface area contributed by atoms with Gasteiger partial charge in [-0.25, -0.2) is 13.8 Å².